The first-order chi connectivity index (χ1) is 6.04. The minimum absolute atomic E-state index is 0.354. The van der Waals surface area contributed by atoms with Gasteiger partial charge in [0.1, 0.15) is 0 Å². The van der Waals surface area contributed by atoms with Crippen LogP contribution in [-0.2, 0) is 0 Å². The molecule has 0 fully saturated rings. The highest BCUT2D eigenvalue weighted by Crippen LogP contribution is 2.03. The van der Waals surface area contributed by atoms with Crippen molar-refractivity contribution in [3.8, 4) is 0 Å². The molecule has 1 aromatic carbocycles. The number of nitrogens with zero attached hydrogens (tertiary/aromatic N) is 1. The van der Waals surface area contributed by atoms with Crippen molar-refractivity contribution in [3.63, 3.8) is 0 Å². The standard InChI is InChI=1S/C9H14N2O2/c1-6-7(9(13)8(6)12)10-4-5-11(2)3/h10H,4-5H2,1-3H3. The Morgan fingerprint density at radius 3 is 2.31 bits per heavy atom. The fraction of sp³-hybridized carbons (Fsp3) is 0.556. The van der Waals surface area contributed by atoms with Crippen molar-refractivity contribution < 1.29 is 0 Å². The SMILES string of the molecule is Cc1c(NCCN(C)C)c(=O)c1=O. The van der Waals surface area contributed by atoms with Gasteiger partial charge in [-0.3, -0.25) is 9.59 Å². The lowest BCUT2D eigenvalue weighted by molar-refractivity contribution is 0.425. The van der Waals surface area contributed by atoms with Gasteiger partial charge in [0.2, 0.25) is 10.9 Å². The molecule has 0 saturated heterocycles. The molecular weight excluding hydrogens is 168 g/mol. The first-order valence-electron chi connectivity index (χ1n) is 4.22. The summed E-state index contributed by atoms with van der Waals surface area (Å²) in [6, 6.07) is 0. The summed E-state index contributed by atoms with van der Waals surface area (Å²) in [5, 5.41) is 2.95. The van der Waals surface area contributed by atoms with Gasteiger partial charge in [0, 0.05) is 18.7 Å². The van der Waals surface area contributed by atoms with E-state index in [2.05, 4.69) is 5.32 Å². The number of rotatable bonds is 4. The van der Waals surface area contributed by atoms with Gasteiger partial charge in [-0.1, -0.05) is 0 Å². The molecule has 0 bridgehead atoms. The Morgan fingerprint density at radius 1 is 1.23 bits per heavy atom. The van der Waals surface area contributed by atoms with Crippen LogP contribution in [0.4, 0.5) is 5.69 Å². The van der Waals surface area contributed by atoms with Crippen molar-refractivity contribution in [2.45, 2.75) is 6.92 Å². The summed E-state index contributed by atoms with van der Waals surface area (Å²) in [6.45, 7) is 3.21. The van der Waals surface area contributed by atoms with Crippen molar-refractivity contribution in [2.75, 3.05) is 32.5 Å². The maximum atomic E-state index is 11.0. The minimum atomic E-state index is -0.378. The van der Waals surface area contributed by atoms with Crippen molar-refractivity contribution in [3.05, 3.63) is 26.0 Å². The van der Waals surface area contributed by atoms with Crippen LogP contribution in [-0.4, -0.2) is 32.1 Å². The second-order valence-corrected chi connectivity index (χ2v) is 3.39. The molecule has 0 aromatic heterocycles. The van der Waals surface area contributed by atoms with Crippen LogP contribution in [0.5, 0.6) is 0 Å². The highest BCUT2D eigenvalue weighted by atomic mass is 16.2. The molecule has 13 heavy (non-hydrogen) atoms. The van der Waals surface area contributed by atoms with Gasteiger partial charge in [0.25, 0.3) is 0 Å². The molecule has 1 N–H and O–H groups in total. The summed E-state index contributed by atoms with van der Waals surface area (Å²) in [5.74, 6) is 0. The lowest BCUT2D eigenvalue weighted by Gasteiger charge is -2.13. The largest absolute Gasteiger partial charge is 0.380 e. The summed E-state index contributed by atoms with van der Waals surface area (Å²) < 4.78 is 0. The first kappa shape index (κ1) is 9.92. The smallest absolute Gasteiger partial charge is 0.249 e. The summed E-state index contributed by atoms with van der Waals surface area (Å²) in [7, 11) is 3.91. The Labute approximate surface area is 76.9 Å². The van der Waals surface area contributed by atoms with Crippen molar-refractivity contribution >= 4 is 5.69 Å². The predicted octanol–water partition coefficient (Wildman–Crippen LogP) is -0.435. The van der Waals surface area contributed by atoms with E-state index in [0.29, 0.717) is 17.8 Å². The summed E-state index contributed by atoms with van der Waals surface area (Å²) in [5.41, 5.74) is 0.319. The predicted molar refractivity (Wildman–Crippen MR) is 53.1 cm³/mol. The van der Waals surface area contributed by atoms with E-state index in [1.54, 1.807) is 6.92 Å². The Hall–Kier alpha value is -1.16. The molecular formula is C9H14N2O2. The van der Waals surface area contributed by atoms with Gasteiger partial charge in [-0.15, -0.1) is 0 Å². The first-order valence-corrected chi connectivity index (χ1v) is 4.22. The number of nitrogens with one attached hydrogen (secondary N) is 1. The Morgan fingerprint density at radius 2 is 1.85 bits per heavy atom. The average molecular weight is 182 g/mol. The third-order valence-corrected chi connectivity index (χ3v) is 2.01. The van der Waals surface area contributed by atoms with E-state index in [4.69, 9.17) is 0 Å². The van der Waals surface area contributed by atoms with Crippen LogP contribution in [0.25, 0.3) is 0 Å². The molecule has 0 aliphatic carbocycles. The van der Waals surface area contributed by atoms with Gasteiger partial charge in [0.15, 0.2) is 0 Å². The third kappa shape index (κ3) is 1.95. The number of anilines is 1. The van der Waals surface area contributed by atoms with E-state index in [9.17, 15) is 9.59 Å². The Kier molecular flexibility index (Phi) is 2.83. The Balaban J connectivity index is 2.48. The fourth-order valence-corrected chi connectivity index (χ4v) is 1.12. The molecule has 1 aromatic rings. The molecule has 0 radical (unpaired) electrons. The zero-order valence-corrected chi connectivity index (χ0v) is 8.18. The number of likely N-dealkylation sites (N-methyl/N-ethyl adjacent to an activating group) is 1. The van der Waals surface area contributed by atoms with E-state index >= 15 is 0 Å². The second-order valence-electron chi connectivity index (χ2n) is 3.39. The van der Waals surface area contributed by atoms with E-state index in [0.717, 1.165) is 6.54 Å². The Bertz CT molecular complexity index is 361. The van der Waals surface area contributed by atoms with Gasteiger partial charge >= 0.3 is 0 Å². The molecule has 0 atom stereocenters. The van der Waals surface area contributed by atoms with Gasteiger partial charge in [0.05, 0.1) is 5.69 Å². The molecule has 0 unspecified atom stereocenters. The summed E-state index contributed by atoms with van der Waals surface area (Å²) in [6.07, 6.45) is 0. The highest BCUT2D eigenvalue weighted by molar-refractivity contribution is 5.55. The van der Waals surface area contributed by atoms with Crippen LogP contribution in [0.15, 0.2) is 9.59 Å². The maximum absolute atomic E-state index is 11.0. The second kappa shape index (κ2) is 3.70. The molecule has 0 aliphatic rings. The molecule has 0 heterocycles. The van der Waals surface area contributed by atoms with E-state index < -0.39 is 0 Å². The van der Waals surface area contributed by atoms with E-state index in [-0.39, 0.29) is 10.9 Å². The molecule has 4 heteroatoms. The lowest BCUT2D eigenvalue weighted by atomic mass is 10.1. The molecule has 0 aliphatic heterocycles. The normalized spacial score (nSPS) is 11.1. The zero-order valence-electron chi connectivity index (χ0n) is 8.18. The van der Waals surface area contributed by atoms with Crippen LogP contribution in [0, 0.1) is 6.92 Å². The van der Waals surface area contributed by atoms with Gasteiger partial charge in [-0.25, -0.2) is 0 Å². The monoisotopic (exact) mass is 182 g/mol. The zero-order chi connectivity index (χ0) is 10.0. The van der Waals surface area contributed by atoms with Gasteiger partial charge < -0.3 is 10.2 Å². The molecule has 72 valence electrons. The fourth-order valence-electron chi connectivity index (χ4n) is 1.12. The van der Waals surface area contributed by atoms with Gasteiger partial charge in [-0.2, -0.15) is 0 Å². The molecule has 0 spiro atoms. The van der Waals surface area contributed by atoms with Crippen molar-refractivity contribution in [2.24, 2.45) is 0 Å². The van der Waals surface area contributed by atoms with Gasteiger partial charge in [-0.05, 0) is 21.0 Å². The lowest BCUT2D eigenvalue weighted by Crippen LogP contribution is -2.38. The minimum Gasteiger partial charge on any atom is -0.380 e. The molecule has 4 nitrogen and oxygen atoms in total. The van der Waals surface area contributed by atoms with Crippen LogP contribution >= 0.6 is 0 Å². The highest BCUT2D eigenvalue weighted by Gasteiger charge is 2.15. The number of hydrogen-bond donors (Lipinski definition) is 1. The summed E-state index contributed by atoms with van der Waals surface area (Å²) in [4.78, 5) is 23.8. The van der Waals surface area contributed by atoms with Crippen molar-refractivity contribution in [1.82, 2.24) is 4.90 Å². The molecule has 0 amide bonds. The molecule has 0 saturated carbocycles. The van der Waals surface area contributed by atoms with Crippen LogP contribution < -0.4 is 16.2 Å². The summed E-state index contributed by atoms with van der Waals surface area (Å²) >= 11 is 0. The van der Waals surface area contributed by atoms with Crippen LogP contribution in [0.2, 0.25) is 0 Å². The van der Waals surface area contributed by atoms with E-state index in [1.165, 1.54) is 0 Å². The van der Waals surface area contributed by atoms with Crippen LogP contribution in [0.1, 0.15) is 5.56 Å². The molecule has 1 rings (SSSR count). The topological polar surface area (TPSA) is 49.4 Å². The number of hydrogen-bond acceptors (Lipinski definition) is 4. The van der Waals surface area contributed by atoms with Crippen LogP contribution in [0.3, 0.4) is 0 Å². The van der Waals surface area contributed by atoms with Crippen molar-refractivity contribution in [1.29, 1.82) is 0 Å². The maximum Gasteiger partial charge on any atom is 0.249 e. The third-order valence-electron chi connectivity index (χ3n) is 2.01. The van der Waals surface area contributed by atoms with E-state index in [1.807, 2.05) is 19.0 Å². The average Bonchev–Trinajstić information content (AvgIpc) is 2.10. The quantitative estimate of drug-likeness (QED) is 0.642.